The molecule has 0 unspecified atom stereocenters. The van der Waals surface area contributed by atoms with E-state index in [0.29, 0.717) is 17.9 Å². The number of rotatable bonds is 4. The van der Waals surface area contributed by atoms with E-state index in [2.05, 4.69) is 11.3 Å². The van der Waals surface area contributed by atoms with Crippen LogP contribution in [0.25, 0.3) is 11.0 Å². The molecular weight excluding hydrogens is 220 g/mol. The summed E-state index contributed by atoms with van der Waals surface area (Å²) in [5.74, 6) is 0.396. The second kappa shape index (κ2) is 4.74. The highest BCUT2D eigenvalue weighted by atomic mass is 16.5. The van der Waals surface area contributed by atoms with Crippen LogP contribution in [0.1, 0.15) is 10.6 Å². The lowest BCUT2D eigenvalue weighted by Crippen LogP contribution is -1.97. The molecule has 1 aromatic carbocycles. The lowest BCUT2D eigenvalue weighted by molar-refractivity contribution is 0.0567. The zero-order valence-electron chi connectivity index (χ0n) is 9.43. The molecule has 0 atom stereocenters. The van der Waals surface area contributed by atoms with Crippen molar-refractivity contribution in [3.8, 4) is 5.75 Å². The first-order chi connectivity index (χ1) is 8.24. The van der Waals surface area contributed by atoms with Crippen LogP contribution in [0.2, 0.25) is 0 Å². The Morgan fingerprint density at radius 2 is 2.29 bits per heavy atom. The summed E-state index contributed by atoms with van der Waals surface area (Å²) in [4.78, 5) is 11.3. The molecule has 0 amide bonds. The van der Waals surface area contributed by atoms with Gasteiger partial charge in [0.25, 0.3) is 0 Å². The Hall–Kier alpha value is -2.23. The highest BCUT2D eigenvalue weighted by molar-refractivity contribution is 5.92. The normalized spacial score (nSPS) is 10.2. The van der Waals surface area contributed by atoms with E-state index in [4.69, 9.17) is 9.15 Å². The molecule has 0 aliphatic carbocycles. The van der Waals surface area contributed by atoms with Crippen LogP contribution in [0.5, 0.6) is 5.75 Å². The highest BCUT2D eigenvalue weighted by Crippen LogP contribution is 2.24. The lowest BCUT2D eigenvalue weighted by atomic mass is 10.2. The van der Waals surface area contributed by atoms with Gasteiger partial charge in [-0.15, -0.1) is 0 Å². The van der Waals surface area contributed by atoms with Gasteiger partial charge >= 0.3 is 5.97 Å². The van der Waals surface area contributed by atoms with Gasteiger partial charge in [0.1, 0.15) is 17.9 Å². The van der Waals surface area contributed by atoms with Gasteiger partial charge in [-0.25, -0.2) is 4.79 Å². The maximum absolute atomic E-state index is 11.3. The molecule has 0 saturated heterocycles. The van der Waals surface area contributed by atoms with Gasteiger partial charge in [-0.2, -0.15) is 0 Å². The molecule has 0 fully saturated rings. The number of furan rings is 1. The van der Waals surface area contributed by atoms with E-state index in [1.807, 2.05) is 0 Å². The first-order valence-electron chi connectivity index (χ1n) is 5.10. The van der Waals surface area contributed by atoms with Gasteiger partial charge in [-0.05, 0) is 24.3 Å². The molecular formula is C13H12O4. The highest BCUT2D eigenvalue weighted by Gasteiger charge is 2.12. The Morgan fingerprint density at radius 1 is 1.47 bits per heavy atom. The first kappa shape index (κ1) is 11.3. The molecule has 2 aromatic rings. The van der Waals surface area contributed by atoms with Gasteiger partial charge in [-0.3, -0.25) is 0 Å². The molecule has 0 bridgehead atoms. The van der Waals surface area contributed by atoms with E-state index < -0.39 is 5.97 Å². The monoisotopic (exact) mass is 232 g/mol. The Balaban J connectivity index is 2.34. The van der Waals surface area contributed by atoms with Crippen LogP contribution in [0.3, 0.4) is 0 Å². The number of hydrogen-bond donors (Lipinski definition) is 0. The van der Waals surface area contributed by atoms with Crippen molar-refractivity contribution in [2.75, 3.05) is 13.7 Å². The molecule has 1 aromatic heterocycles. The first-order valence-corrected chi connectivity index (χ1v) is 5.10. The van der Waals surface area contributed by atoms with Crippen molar-refractivity contribution in [3.05, 3.63) is 42.7 Å². The summed E-state index contributed by atoms with van der Waals surface area (Å²) in [6.45, 7) is 4.01. The van der Waals surface area contributed by atoms with E-state index in [-0.39, 0.29) is 5.76 Å². The number of esters is 1. The molecule has 1 heterocycles. The summed E-state index contributed by atoms with van der Waals surface area (Å²) in [6, 6.07) is 6.95. The third kappa shape index (κ3) is 2.30. The maximum Gasteiger partial charge on any atom is 0.373 e. The van der Waals surface area contributed by atoms with Crippen LogP contribution in [-0.4, -0.2) is 19.7 Å². The average Bonchev–Trinajstić information content (AvgIpc) is 2.78. The van der Waals surface area contributed by atoms with E-state index >= 15 is 0 Å². The van der Waals surface area contributed by atoms with Crippen LogP contribution >= 0.6 is 0 Å². The van der Waals surface area contributed by atoms with Crippen LogP contribution < -0.4 is 4.74 Å². The fourth-order valence-corrected chi connectivity index (χ4v) is 1.47. The maximum atomic E-state index is 11.3. The fourth-order valence-electron chi connectivity index (χ4n) is 1.47. The smallest absolute Gasteiger partial charge is 0.373 e. The molecule has 2 rings (SSSR count). The van der Waals surface area contributed by atoms with Gasteiger partial charge in [0.15, 0.2) is 0 Å². The van der Waals surface area contributed by atoms with Crippen molar-refractivity contribution in [1.29, 1.82) is 0 Å². The number of carbonyl (C=O) groups excluding carboxylic acids is 1. The standard InChI is InChI=1S/C13H12O4/c1-3-6-16-10-4-5-11-9(7-10)8-12(17-11)13(14)15-2/h3-5,7-8H,1,6H2,2H3. The number of hydrogen-bond acceptors (Lipinski definition) is 4. The van der Waals surface area contributed by atoms with E-state index in [0.717, 1.165) is 5.39 Å². The van der Waals surface area contributed by atoms with Crippen LogP contribution in [0.4, 0.5) is 0 Å². The zero-order valence-corrected chi connectivity index (χ0v) is 9.43. The predicted octanol–water partition coefficient (Wildman–Crippen LogP) is 2.78. The molecule has 88 valence electrons. The molecule has 0 radical (unpaired) electrons. The number of methoxy groups -OCH3 is 1. The van der Waals surface area contributed by atoms with Crippen molar-refractivity contribution in [2.24, 2.45) is 0 Å². The lowest BCUT2D eigenvalue weighted by Gasteiger charge is -2.01. The molecule has 0 aliphatic heterocycles. The summed E-state index contributed by atoms with van der Waals surface area (Å²) in [5.41, 5.74) is 0.622. The Morgan fingerprint density at radius 3 is 3.00 bits per heavy atom. The summed E-state index contributed by atoms with van der Waals surface area (Å²) in [7, 11) is 1.31. The minimum absolute atomic E-state index is 0.184. The second-order valence-corrected chi connectivity index (χ2v) is 3.40. The van der Waals surface area contributed by atoms with E-state index in [1.54, 1.807) is 30.3 Å². The predicted molar refractivity (Wildman–Crippen MR) is 63.2 cm³/mol. The summed E-state index contributed by atoms with van der Waals surface area (Å²) >= 11 is 0. The molecule has 17 heavy (non-hydrogen) atoms. The number of ether oxygens (including phenoxy) is 2. The van der Waals surface area contributed by atoms with Crippen molar-refractivity contribution in [2.45, 2.75) is 0 Å². The van der Waals surface area contributed by atoms with Crippen LogP contribution in [0.15, 0.2) is 41.3 Å². The summed E-state index contributed by atoms with van der Waals surface area (Å²) < 4.78 is 15.3. The van der Waals surface area contributed by atoms with E-state index in [9.17, 15) is 4.79 Å². The molecule has 4 nitrogen and oxygen atoms in total. The van der Waals surface area contributed by atoms with Gasteiger partial charge < -0.3 is 13.9 Å². The summed E-state index contributed by atoms with van der Waals surface area (Å²) in [5, 5.41) is 0.798. The van der Waals surface area contributed by atoms with E-state index in [1.165, 1.54) is 7.11 Å². The summed E-state index contributed by atoms with van der Waals surface area (Å²) in [6.07, 6.45) is 1.67. The number of fused-ring (bicyclic) bond motifs is 1. The van der Waals surface area contributed by atoms with Gasteiger partial charge in [0, 0.05) is 5.39 Å². The average molecular weight is 232 g/mol. The molecule has 0 spiro atoms. The topological polar surface area (TPSA) is 48.7 Å². The van der Waals surface area contributed by atoms with Crippen LogP contribution in [-0.2, 0) is 4.74 Å². The largest absolute Gasteiger partial charge is 0.490 e. The number of benzene rings is 1. The third-order valence-electron chi connectivity index (χ3n) is 2.24. The Labute approximate surface area is 98.4 Å². The minimum atomic E-state index is -0.491. The SMILES string of the molecule is C=CCOc1ccc2oc(C(=O)OC)cc2c1. The van der Waals surface area contributed by atoms with Crippen molar-refractivity contribution >= 4 is 16.9 Å². The van der Waals surface area contributed by atoms with Crippen molar-refractivity contribution < 1.29 is 18.7 Å². The van der Waals surface area contributed by atoms with Gasteiger partial charge in [0.05, 0.1) is 7.11 Å². The van der Waals surface area contributed by atoms with Gasteiger partial charge in [0.2, 0.25) is 5.76 Å². The second-order valence-electron chi connectivity index (χ2n) is 3.40. The van der Waals surface area contributed by atoms with Crippen molar-refractivity contribution in [3.63, 3.8) is 0 Å². The minimum Gasteiger partial charge on any atom is -0.490 e. The Kier molecular flexibility index (Phi) is 3.14. The molecule has 0 saturated carbocycles. The Bertz CT molecular complexity index is 554. The quantitative estimate of drug-likeness (QED) is 0.600. The molecule has 4 heteroatoms. The zero-order chi connectivity index (χ0) is 12.3. The van der Waals surface area contributed by atoms with Crippen LogP contribution in [0, 0.1) is 0 Å². The number of carbonyl (C=O) groups is 1. The van der Waals surface area contributed by atoms with Gasteiger partial charge in [-0.1, -0.05) is 12.7 Å². The fraction of sp³-hybridized carbons (Fsp3) is 0.154. The van der Waals surface area contributed by atoms with Crippen molar-refractivity contribution in [1.82, 2.24) is 0 Å². The molecule has 0 N–H and O–H groups in total. The molecule has 0 aliphatic rings. The third-order valence-corrected chi connectivity index (χ3v) is 2.24.